The predicted octanol–water partition coefficient (Wildman–Crippen LogP) is 4.05. The highest BCUT2D eigenvalue weighted by Gasteiger charge is 2.22. The Morgan fingerprint density at radius 2 is 2.00 bits per heavy atom. The number of nitriles is 1. The minimum absolute atomic E-state index is 0.174. The molecule has 8 nitrogen and oxygen atoms in total. The standard InChI is InChI=1S/C21H16F3N7O/c1-21(2,10-25)30-19(32)17-6-14(22)5-16(28-17)12-3-11-4-15(29-18(11)26-7-12)13-8-27-31(9-13)20(23)24/h3-9,20H,1-2H3,(H,26,29)(H,30,32). The van der Waals surface area contributed by atoms with Gasteiger partial charge in [-0.2, -0.15) is 19.1 Å². The summed E-state index contributed by atoms with van der Waals surface area (Å²) in [6, 6.07) is 7.45. The number of carbonyl (C=O) groups excluding carboxylic acids is 1. The second-order valence-corrected chi connectivity index (χ2v) is 7.58. The number of rotatable bonds is 5. The maximum absolute atomic E-state index is 14.2. The Kier molecular flexibility index (Phi) is 5.14. The molecule has 4 aromatic rings. The lowest BCUT2D eigenvalue weighted by molar-refractivity contribution is 0.0566. The quantitative estimate of drug-likeness (QED) is 0.487. The molecule has 0 spiro atoms. The second-order valence-electron chi connectivity index (χ2n) is 7.58. The van der Waals surface area contributed by atoms with Gasteiger partial charge < -0.3 is 10.3 Å². The molecular formula is C21H16F3N7O. The van der Waals surface area contributed by atoms with Crippen LogP contribution in [0, 0.1) is 17.1 Å². The lowest BCUT2D eigenvalue weighted by Crippen LogP contribution is -2.42. The number of nitrogens with one attached hydrogen (secondary N) is 2. The summed E-state index contributed by atoms with van der Waals surface area (Å²) in [5.74, 6) is -1.37. The van der Waals surface area contributed by atoms with Crippen LogP contribution in [0.5, 0.6) is 0 Å². The lowest BCUT2D eigenvalue weighted by atomic mass is 10.1. The Balaban J connectivity index is 1.68. The largest absolute Gasteiger partial charge is 0.339 e. The summed E-state index contributed by atoms with van der Waals surface area (Å²) in [7, 11) is 0. The molecule has 32 heavy (non-hydrogen) atoms. The highest BCUT2D eigenvalue weighted by molar-refractivity contribution is 5.94. The molecular weight excluding hydrogens is 423 g/mol. The third kappa shape index (κ3) is 4.15. The molecule has 0 saturated heterocycles. The molecule has 162 valence electrons. The molecule has 0 unspecified atom stereocenters. The van der Waals surface area contributed by atoms with E-state index in [9.17, 15) is 18.0 Å². The normalized spacial score (nSPS) is 11.7. The number of hydrogen-bond donors (Lipinski definition) is 2. The van der Waals surface area contributed by atoms with Gasteiger partial charge in [0.1, 0.15) is 22.7 Å². The number of aromatic amines is 1. The molecule has 0 bridgehead atoms. The number of alkyl halides is 2. The monoisotopic (exact) mass is 439 g/mol. The van der Waals surface area contributed by atoms with Crippen molar-refractivity contribution in [1.82, 2.24) is 30.0 Å². The van der Waals surface area contributed by atoms with Crippen molar-refractivity contribution < 1.29 is 18.0 Å². The average Bonchev–Trinajstić information content (AvgIpc) is 3.39. The molecule has 0 aliphatic carbocycles. The van der Waals surface area contributed by atoms with Crippen LogP contribution in [0.3, 0.4) is 0 Å². The Morgan fingerprint density at radius 3 is 2.69 bits per heavy atom. The van der Waals surface area contributed by atoms with E-state index >= 15 is 0 Å². The second kappa shape index (κ2) is 7.81. The van der Waals surface area contributed by atoms with E-state index < -0.39 is 23.8 Å². The van der Waals surface area contributed by atoms with Crippen LogP contribution in [0.1, 0.15) is 30.9 Å². The first-order valence-corrected chi connectivity index (χ1v) is 9.38. The predicted molar refractivity (Wildman–Crippen MR) is 109 cm³/mol. The smallest absolute Gasteiger partial charge is 0.333 e. The van der Waals surface area contributed by atoms with Crippen molar-refractivity contribution in [1.29, 1.82) is 5.26 Å². The Labute approximate surface area is 179 Å². The van der Waals surface area contributed by atoms with Gasteiger partial charge in [-0.3, -0.25) is 4.79 Å². The van der Waals surface area contributed by atoms with Crippen molar-refractivity contribution in [3.63, 3.8) is 0 Å². The molecule has 4 rings (SSSR count). The van der Waals surface area contributed by atoms with Crippen LogP contribution >= 0.6 is 0 Å². The fraction of sp³-hybridized carbons (Fsp3) is 0.190. The van der Waals surface area contributed by atoms with Gasteiger partial charge in [-0.05, 0) is 26.0 Å². The Morgan fingerprint density at radius 1 is 1.22 bits per heavy atom. The van der Waals surface area contributed by atoms with E-state index in [4.69, 9.17) is 5.26 Å². The summed E-state index contributed by atoms with van der Waals surface area (Å²) in [6.45, 7) is 0.275. The SMILES string of the molecule is CC(C)(C#N)NC(=O)c1cc(F)cc(-c2cnc3[nH]c(-c4cnn(C(F)F)c4)cc3c2)n1. The number of nitrogens with zero attached hydrogens (tertiary/aromatic N) is 5. The topological polar surface area (TPSA) is 112 Å². The van der Waals surface area contributed by atoms with Gasteiger partial charge in [-0.1, -0.05) is 0 Å². The van der Waals surface area contributed by atoms with Crippen LogP contribution < -0.4 is 5.32 Å². The van der Waals surface area contributed by atoms with Crippen molar-refractivity contribution in [3.05, 3.63) is 54.4 Å². The first-order valence-electron chi connectivity index (χ1n) is 9.38. The summed E-state index contributed by atoms with van der Waals surface area (Å²) < 4.78 is 40.3. The molecule has 0 aliphatic rings. The van der Waals surface area contributed by atoms with E-state index in [-0.39, 0.29) is 11.4 Å². The van der Waals surface area contributed by atoms with Gasteiger partial charge >= 0.3 is 6.55 Å². The number of halogens is 3. The Bertz CT molecular complexity index is 1370. The van der Waals surface area contributed by atoms with Gasteiger partial charge in [0, 0.05) is 41.0 Å². The van der Waals surface area contributed by atoms with Crippen molar-refractivity contribution in [2.45, 2.75) is 25.9 Å². The van der Waals surface area contributed by atoms with Crippen LogP contribution in [0.2, 0.25) is 0 Å². The van der Waals surface area contributed by atoms with Crippen LogP contribution in [0.15, 0.2) is 42.9 Å². The fourth-order valence-corrected chi connectivity index (χ4v) is 3.03. The first-order chi connectivity index (χ1) is 15.1. The van der Waals surface area contributed by atoms with Crippen molar-refractivity contribution >= 4 is 16.9 Å². The molecule has 0 radical (unpaired) electrons. The number of amides is 1. The number of fused-ring (bicyclic) bond motifs is 1. The maximum atomic E-state index is 14.2. The molecule has 4 aromatic heterocycles. The van der Waals surface area contributed by atoms with Gasteiger partial charge in [0.2, 0.25) is 0 Å². The molecule has 4 heterocycles. The molecule has 1 amide bonds. The van der Waals surface area contributed by atoms with Gasteiger partial charge in [0.25, 0.3) is 5.91 Å². The zero-order valence-corrected chi connectivity index (χ0v) is 16.9. The third-order valence-corrected chi connectivity index (χ3v) is 4.61. The lowest BCUT2D eigenvalue weighted by Gasteiger charge is -2.17. The molecule has 0 aromatic carbocycles. The van der Waals surface area contributed by atoms with Crippen LogP contribution in [0.25, 0.3) is 33.5 Å². The molecule has 11 heteroatoms. The highest BCUT2D eigenvalue weighted by atomic mass is 19.3. The summed E-state index contributed by atoms with van der Waals surface area (Å²) in [6.07, 6.45) is 3.96. The minimum atomic E-state index is -2.75. The third-order valence-electron chi connectivity index (χ3n) is 4.61. The Hall–Kier alpha value is -4.20. The molecule has 0 saturated carbocycles. The first kappa shape index (κ1) is 21.0. The van der Waals surface area contributed by atoms with Gasteiger partial charge in [0.15, 0.2) is 0 Å². The van der Waals surface area contributed by atoms with E-state index in [1.165, 1.54) is 32.4 Å². The van der Waals surface area contributed by atoms with Crippen LogP contribution in [0.4, 0.5) is 13.2 Å². The van der Waals surface area contributed by atoms with Crippen LogP contribution in [-0.4, -0.2) is 36.2 Å². The maximum Gasteiger partial charge on any atom is 0.333 e. The van der Waals surface area contributed by atoms with Gasteiger partial charge in [-0.25, -0.2) is 19.0 Å². The number of pyridine rings is 2. The summed E-state index contributed by atoms with van der Waals surface area (Å²) in [5, 5.41) is 15.8. The zero-order chi connectivity index (χ0) is 23.0. The van der Waals surface area contributed by atoms with Gasteiger partial charge in [-0.15, -0.1) is 0 Å². The number of H-pyrrole nitrogens is 1. The van der Waals surface area contributed by atoms with Crippen LogP contribution in [-0.2, 0) is 0 Å². The van der Waals surface area contributed by atoms with Crippen molar-refractivity contribution in [3.8, 4) is 28.6 Å². The van der Waals surface area contributed by atoms with Crippen molar-refractivity contribution in [2.75, 3.05) is 0 Å². The van der Waals surface area contributed by atoms with E-state index in [1.807, 2.05) is 6.07 Å². The summed E-state index contributed by atoms with van der Waals surface area (Å²) >= 11 is 0. The summed E-state index contributed by atoms with van der Waals surface area (Å²) in [4.78, 5) is 23.9. The van der Waals surface area contributed by atoms with E-state index in [0.29, 0.717) is 32.5 Å². The summed E-state index contributed by atoms with van der Waals surface area (Å²) in [5.41, 5.74) is 0.754. The molecule has 0 aliphatic heterocycles. The van der Waals surface area contributed by atoms with Crippen molar-refractivity contribution in [2.24, 2.45) is 0 Å². The van der Waals surface area contributed by atoms with Gasteiger partial charge in [0.05, 0.1) is 23.7 Å². The number of hydrogen-bond acceptors (Lipinski definition) is 5. The number of carbonyl (C=O) groups is 1. The molecule has 2 N–H and O–H groups in total. The molecule has 0 fully saturated rings. The fourth-order valence-electron chi connectivity index (χ4n) is 3.03. The molecule has 0 atom stereocenters. The highest BCUT2D eigenvalue weighted by Crippen LogP contribution is 2.27. The van der Waals surface area contributed by atoms with E-state index in [1.54, 1.807) is 12.1 Å². The van der Waals surface area contributed by atoms with E-state index in [0.717, 1.165) is 12.1 Å². The average molecular weight is 439 g/mol. The van der Waals surface area contributed by atoms with E-state index in [2.05, 4.69) is 25.4 Å². The minimum Gasteiger partial charge on any atom is -0.339 e. The zero-order valence-electron chi connectivity index (χ0n) is 16.9. The number of aromatic nitrogens is 5.